The van der Waals surface area contributed by atoms with Gasteiger partial charge in [-0.3, -0.25) is 9.36 Å². The molecule has 76 valence electrons. The summed E-state index contributed by atoms with van der Waals surface area (Å²) < 4.78 is 10.3. The Balaban J connectivity index is 0.00000196. The van der Waals surface area contributed by atoms with Crippen LogP contribution in [0.1, 0.15) is 5.56 Å². The quantitative estimate of drug-likeness (QED) is 0.447. The smallest absolute Gasteiger partial charge is 0.772 e. The minimum atomic E-state index is -4.89. The van der Waals surface area contributed by atoms with Gasteiger partial charge in [0.1, 0.15) is 0 Å². The summed E-state index contributed by atoms with van der Waals surface area (Å²) >= 11 is 0. The summed E-state index contributed by atoms with van der Waals surface area (Å²) in [6, 6.07) is 8.78. The minimum absolute atomic E-state index is 0. The van der Waals surface area contributed by atoms with Crippen LogP contribution >= 0.6 is 7.60 Å². The standard InChI is InChI=1S/C8H10NO4P.Na/c10-8(14(11,12)13)9-6-7-4-2-1-3-5-7;/h1-5H,6H2,(H,9,10)(H2,11,12,13);/q;+1/p-1. The van der Waals surface area contributed by atoms with Gasteiger partial charge in [0.05, 0.1) is 0 Å². The van der Waals surface area contributed by atoms with Gasteiger partial charge in [-0.15, -0.1) is 0 Å². The van der Waals surface area contributed by atoms with Crippen LogP contribution < -0.4 is 39.8 Å². The molecule has 0 aliphatic rings. The molecule has 1 aromatic rings. The summed E-state index contributed by atoms with van der Waals surface area (Å²) in [7, 11) is -4.89. The van der Waals surface area contributed by atoms with Crippen molar-refractivity contribution in [2.24, 2.45) is 0 Å². The van der Waals surface area contributed by atoms with Gasteiger partial charge in [-0.25, -0.2) is 0 Å². The Morgan fingerprint density at radius 1 is 1.40 bits per heavy atom. The Labute approximate surface area is 109 Å². The third kappa shape index (κ3) is 5.47. The van der Waals surface area contributed by atoms with Gasteiger partial charge in [0.15, 0.2) is 0 Å². The molecule has 0 saturated carbocycles. The molecule has 1 amide bonds. The van der Waals surface area contributed by atoms with E-state index in [0.29, 0.717) is 0 Å². The van der Waals surface area contributed by atoms with E-state index >= 15 is 0 Å². The van der Waals surface area contributed by atoms with Crippen LogP contribution in [0.4, 0.5) is 4.79 Å². The molecule has 15 heavy (non-hydrogen) atoms. The second-order valence-corrected chi connectivity index (χ2v) is 4.11. The zero-order valence-electron chi connectivity index (χ0n) is 8.21. The van der Waals surface area contributed by atoms with E-state index in [1.807, 2.05) is 0 Å². The van der Waals surface area contributed by atoms with E-state index in [1.165, 1.54) is 0 Å². The third-order valence-electron chi connectivity index (χ3n) is 1.54. The van der Waals surface area contributed by atoms with Gasteiger partial charge >= 0.3 is 29.6 Å². The Morgan fingerprint density at radius 2 is 1.93 bits per heavy atom. The molecule has 1 atom stereocenters. The van der Waals surface area contributed by atoms with Crippen LogP contribution in [0.15, 0.2) is 30.3 Å². The van der Waals surface area contributed by atoms with Gasteiger partial charge in [-0.2, -0.15) is 0 Å². The van der Waals surface area contributed by atoms with E-state index in [-0.39, 0.29) is 36.1 Å². The Hall–Kier alpha value is -0.160. The first-order valence-corrected chi connectivity index (χ1v) is 5.44. The van der Waals surface area contributed by atoms with E-state index in [1.54, 1.807) is 30.3 Å². The predicted molar refractivity (Wildman–Crippen MR) is 48.5 cm³/mol. The first kappa shape index (κ1) is 14.8. The van der Waals surface area contributed by atoms with E-state index < -0.39 is 13.2 Å². The summed E-state index contributed by atoms with van der Waals surface area (Å²) in [5, 5.41) is 2.07. The molecule has 0 aliphatic carbocycles. The van der Waals surface area contributed by atoms with E-state index in [0.717, 1.165) is 5.56 Å². The van der Waals surface area contributed by atoms with Crippen molar-refractivity contribution in [2.75, 3.05) is 0 Å². The molecular weight excluding hydrogens is 228 g/mol. The van der Waals surface area contributed by atoms with Gasteiger partial charge in [0.25, 0.3) is 5.65 Å². The monoisotopic (exact) mass is 237 g/mol. The first-order chi connectivity index (χ1) is 6.50. The SMILES string of the molecule is O=C(NCc1ccccc1)P(=O)([O-])O.[Na+]. The fourth-order valence-electron chi connectivity index (χ4n) is 0.873. The normalized spacial score (nSPS) is 13.5. The molecule has 0 spiro atoms. The fraction of sp³-hybridized carbons (Fsp3) is 0.125. The number of hydrogen-bond acceptors (Lipinski definition) is 3. The molecule has 0 saturated heterocycles. The molecular formula is C8H9NNaO4P. The molecule has 0 aliphatic heterocycles. The van der Waals surface area contributed by atoms with Crippen molar-refractivity contribution in [3.05, 3.63) is 35.9 Å². The third-order valence-corrected chi connectivity index (χ3v) is 2.21. The van der Waals surface area contributed by atoms with Crippen LogP contribution in [0, 0.1) is 0 Å². The van der Waals surface area contributed by atoms with Crippen LogP contribution in [0.3, 0.4) is 0 Å². The van der Waals surface area contributed by atoms with Crippen LogP contribution in [-0.4, -0.2) is 10.5 Å². The number of carbonyl (C=O) groups is 1. The van der Waals surface area contributed by atoms with E-state index in [9.17, 15) is 14.3 Å². The maximum atomic E-state index is 10.7. The average molecular weight is 237 g/mol. The number of benzene rings is 1. The fourth-order valence-corrected chi connectivity index (χ4v) is 1.15. The molecule has 1 aromatic carbocycles. The number of carbonyl (C=O) groups excluding carboxylic acids is 1. The molecule has 2 N–H and O–H groups in total. The van der Waals surface area contributed by atoms with Gasteiger partial charge in [0, 0.05) is 6.54 Å². The molecule has 0 bridgehead atoms. The number of amides is 1. The molecule has 0 heterocycles. The zero-order chi connectivity index (χ0) is 10.6. The van der Waals surface area contributed by atoms with Gasteiger partial charge in [-0.1, -0.05) is 30.3 Å². The van der Waals surface area contributed by atoms with Gasteiger partial charge in [-0.05, 0) is 5.56 Å². The summed E-state index contributed by atoms with van der Waals surface area (Å²) in [5.74, 6) is 0. The maximum Gasteiger partial charge on any atom is 1.00 e. The number of hydrogen-bond donors (Lipinski definition) is 2. The van der Waals surface area contributed by atoms with Crippen molar-refractivity contribution in [1.82, 2.24) is 5.32 Å². The summed E-state index contributed by atoms with van der Waals surface area (Å²) in [5.41, 5.74) is -0.601. The van der Waals surface area contributed by atoms with Crippen molar-refractivity contribution in [3.63, 3.8) is 0 Å². The minimum Gasteiger partial charge on any atom is -0.772 e. The van der Waals surface area contributed by atoms with E-state index in [4.69, 9.17) is 4.89 Å². The summed E-state index contributed by atoms with van der Waals surface area (Å²) in [4.78, 5) is 29.4. The van der Waals surface area contributed by atoms with Crippen LogP contribution in [0.5, 0.6) is 0 Å². The maximum absolute atomic E-state index is 10.7. The summed E-state index contributed by atoms with van der Waals surface area (Å²) in [6.07, 6.45) is 0. The number of nitrogens with one attached hydrogen (secondary N) is 1. The molecule has 0 aromatic heterocycles. The molecule has 0 radical (unpaired) electrons. The summed E-state index contributed by atoms with van der Waals surface area (Å²) in [6.45, 7) is 0.0759. The van der Waals surface area contributed by atoms with Crippen molar-refractivity contribution in [3.8, 4) is 0 Å². The zero-order valence-corrected chi connectivity index (χ0v) is 11.1. The van der Waals surface area contributed by atoms with E-state index in [2.05, 4.69) is 5.32 Å². The van der Waals surface area contributed by atoms with Crippen molar-refractivity contribution in [1.29, 1.82) is 0 Å². The molecule has 1 rings (SSSR count). The molecule has 5 nitrogen and oxygen atoms in total. The van der Waals surface area contributed by atoms with Crippen molar-refractivity contribution in [2.45, 2.75) is 6.54 Å². The second kappa shape index (κ2) is 6.43. The molecule has 1 unspecified atom stereocenters. The van der Waals surface area contributed by atoms with Crippen LogP contribution in [0.2, 0.25) is 0 Å². The molecule has 0 fully saturated rings. The predicted octanol–water partition coefficient (Wildman–Crippen LogP) is -2.55. The average Bonchev–Trinajstić information content (AvgIpc) is 2.14. The van der Waals surface area contributed by atoms with Crippen molar-refractivity contribution >= 4 is 13.2 Å². The van der Waals surface area contributed by atoms with Crippen LogP contribution in [-0.2, 0) is 11.1 Å². The van der Waals surface area contributed by atoms with Gasteiger partial charge < -0.3 is 15.1 Å². The van der Waals surface area contributed by atoms with Crippen molar-refractivity contribution < 1.29 is 48.7 Å². The first-order valence-electron chi connectivity index (χ1n) is 3.86. The van der Waals surface area contributed by atoms with Gasteiger partial charge in [0.2, 0.25) is 7.60 Å². The Bertz CT molecular complexity index is 364. The second-order valence-electron chi connectivity index (χ2n) is 2.66. The van der Waals surface area contributed by atoms with Crippen LogP contribution in [0.25, 0.3) is 0 Å². The number of rotatable bonds is 3. The largest absolute Gasteiger partial charge is 1.00 e. The Morgan fingerprint density at radius 3 is 2.40 bits per heavy atom. The Kier molecular flexibility index (Phi) is 6.36. The molecule has 7 heteroatoms. The topological polar surface area (TPSA) is 89.5 Å².